The van der Waals surface area contributed by atoms with Gasteiger partial charge in [-0.3, -0.25) is 9.59 Å². The van der Waals surface area contributed by atoms with Crippen molar-refractivity contribution >= 4 is 11.9 Å². The number of aliphatic hydroxyl groups is 3. The Morgan fingerprint density at radius 1 is 1.35 bits per heavy atom. The lowest BCUT2D eigenvalue weighted by Crippen LogP contribution is -2.64. The van der Waals surface area contributed by atoms with Gasteiger partial charge in [-0.2, -0.15) is 0 Å². The zero-order valence-corrected chi connectivity index (χ0v) is 11.2. The number of carbonyl (C=O) groups excluding carboxylic acids is 2. The van der Waals surface area contributed by atoms with Gasteiger partial charge in [0.1, 0.15) is 37.0 Å². The molecule has 1 fully saturated rings. The summed E-state index contributed by atoms with van der Waals surface area (Å²) in [6.07, 6.45) is -5.54. The van der Waals surface area contributed by atoms with E-state index in [2.05, 4.69) is 5.32 Å². The molecule has 116 valence electrons. The Morgan fingerprint density at radius 2 is 1.95 bits per heavy atom. The molecule has 0 aromatic heterocycles. The van der Waals surface area contributed by atoms with Gasteiger partial charge in [-0.05, 0) is 6.92 Å². The molecule has 6 atom stereocenters. The third kappa shape index (κ3) is 4.12. The molecular formula is C11H20N2O7. The Bertz CT molecular complexity index is 363. The molecular weight excluding hydrogens is 272 g/mol. The first-order chi connectivity index (χ1) is 9.23. The van der Waals surface area contributed by atoms with Crippen molar-refractivity contribution in [3.05, 3.63) is 0 Å². The first kappa shape index (κ1) is 16.8. The van der Waals surface area contributed by atoms with Crippen molar-refractivity contribution in [2.24, 2.45) is 5.73 Å². The highest BCUT2D eigenvalue weighted by Crippen LogP contribution is 2.20. The highest BCUT2D eigenvalue weighted by atomic mass is 16.6. The second kappa shape index (κ2) is 6.95. The fourth-order valence-corrected chi connectivity index (χ4v) is 1.77. The van der Waals surface area contributed by atoms with Crippen LogP contribution in [0.15, 0.2) is 0 Å². The lowest BCUT2D eigenvalue weighted by molar-refractivity contribution is -0.255. The van der Waals surface area contributed by atoms with E-state index in [1.54, 1.807) is 0 Å². The van der Waals surface area contributed by atoms with Crippen LogP contribution in [-0.2, 0) is 19.1 Å². The van der Waals surface area contributed by atoms with Crippen LogP contribution in [0, 0.1) is 0 Å². The van der Waals surface area contributed by atoms with Gasteiger partial charge in [0, 0.05) is 6.92 Å². The maximum atomic E-state index is 11.2. The molecule has 1 aliphatic heterocycles. The number of aliphatic hydroxyl groups excluding tert-OH is 3. The van der Waals surface area contributed by atoms with Gasteiger partial charge < -0.3 is 35.8 Å². The highest BCUT2D eigenvalue weighted by molar-refractivity contribution is 5.75. The SMILES string of the molecule is CC(=O)N[C@H]1C(O)O[C@H](COC(=O)[C@H](C)N)[C@@H](O)[C@@H]1O. The quantitative estimate of drug-likeness (QED) is 0.340. The van der Waals surface area contributed by atoms with Crippen LogP contribution in [0.4, 0.5) is 0 Å². The van der Waals surface area contributed by atoms with Crippen LogP contribution >= 0.6 is 0 Å². The van der Waals surface area contributed by atoms with Gasteiger partial charge in [-0.1, -0.05) is 0 Å². The maximum absolute atomic E-state index is 11.2. The van der Waals surface area contributed by atoms with Crippen LogP contribution in [0.1, 0.15) is 13.8 Å². The number of esters is 1. The molecule has 0 aromatic rings. The summed E-state index contributed by atoms with van der Waals surface area (Å²) >= 11 is 0. The molecule has 0 aromatic carbocycles. The summed E-state index contributed by atoms with van der Waals surface area (Å²) in [5, 5.41) is 31.6. The van der Waals surface area contributed by atoms with E-state index in [0.29, 0.717) is 0 Å². The third-order valence-corrected chi connectivity index (χ3v) is 2.85. The minimum Gasteiger partial charge on any atom is -0.462 e. The largest absolute Gasteiger partial charge is 0.462 e. The molecule has 1 unspecified atom stereocenters. The summed E-state index contributed by atoms with van der Waals surface area (Å²) in [5.74, 6) is -1.19. The van der Waals surface area contributed by atoms with Crippen molar-refractivity contribution in [1.82, 2.24) is 5.32 Å². The van der Waals surface area contributed by atoms with E-state index < -0.39 is 48.6 Å². The van der Waals surface area contributed by atoms with E-state index in [1.807, 2.05) is 0 Å². The second-order valence-electron chi connectivity index (χ2n) is 4.69. The Kier molecular flexibility index (Phi) is 5.84. The predicted molar refractivity (Wildman–Crippen MR) is 65.1 cm³/mol. The van der Waals surface area contributed by atoms with Gasteiger partial charge in [0.05, 0.1) is 0 Å². The summed E-state index contributed by atoms with van der Waals surface area (Å²) < 4.78 is 9.79. The molecule has 0 spiro atoms. The summed E-state index contributed by atoms with van der Waals surface area (Å²) in [7, 11) is 0. The molecule has 9 heteroatoms. The number of hydrogen-bond acceptors (Lipinski definition) is 8. The number of nitrogens with one attached hydrogen (secondary N) is 1. The van der Waals surface area contributed by atoms with E-state index in [4.69, 9.17) is 15.2 Å². The minimum atomic E-state index is -1.53. The van der Waals surface area contributed by atoms with E-state index in [9.17, 15) is 24.9 Å². The van der Waals surface area contributed by atoms with E-state index in [0.717, 1.165) is 0 Å². The summed E-state index contributed by atoms with van der Waals surface area (Å²) in [4.78, 5) is 22.1. The van der Waals surface area contributed by atoms with Crippen molar-refractivity contribution in [3.63, 3.8) is 0 Å². The summed E-state index contributed by atoms with van der Waals surface area (Å²) in [6.45, 7) is 2.25. The van der Waals surface area contributed by atoms with Crippen LogP contribution < -0.4 is 11.1 Å². The van der Waals surface area contributed by atoms with E-state index in [-0.39, 0.29) is 6.61 Å². The number of nitrogens with two attached hydrogens (primary N) is 1. The van der Waals surface area contributed by atoms with Crippen LogP contribution in [0.2, 0.25) is 0 Å². The molecule has 1 amide bonds. The first-order valence-electron chi connectivity index (χ1n) is 6.13. The minimum absolute atomic E-state index is 0.373. The highest BCUT2D eigenvalue weighted by Gasteiger charge is 2.44. The fraction of sp³-hybridized carbons (Fsp3) is 0.818. The smallest absolute Gasteiger partial charge is 0.322 e. The van der Waals surface area contributed by atoms with Gasteiger partial charge >= 0.3 is 5.97 Å². The Morgan fingerprint density at radius 3 is 2.45 bits per heavy atom. The molecule has 1 heterocycles. The number of hydrogen-bond donors (Lipinski definition) is 5. The van der Waals surface area contributed by atoms with E-state index >= 15 is 0 Å². The van der Waals surface area contributed by atoms with E-state index in [1.165, 1.54) is 13.8 Å². The van der Waals surface area contributed by atoms with Gasteiger partial charge in [0.25, 0.3) is 0 Å². The van der Waals surface area contributed by atoms with Crippen LogP contribution in [-0.4, -0.2) is 70.5 Å². The molecule has 1 aliphatic rings. The Balaban J connectivity index is 2.61. The number of carbonyl (C=O) groups is 2. The zero-order chi connectivity index (χ0) is 15.4. The van der Waals surface area contributed by atoms with Crippen LogP contribution in [0.3, 0.4) is 0 Å². The Labute approximate surface area is 115 Å². The topological polar surface area (TPSA) is 151 Å². The van der Waals surface area contributed by atoms with Crippen molar-refractivity contribution in [2.75, 3.05) is 6.61 Å². The lowest BCUT2D eigenvalue weighted by atomic mass is 9.97. The number of ether oxygens (including phenoxy) is 2. The van der Waals surface area contributed by atoms with Crippen molar-refractivity contribution in [3.8, 4) is 0 Å². The average molecular weight is 292 g/mol. The molecule has 0 aliphatic carbocycles. The van der Waals surface area contributed by atoms with Gasteiger partial charge in [0.15, 0.2) is 6.29 Å². The normalized spacial score (nSPS) is 35.2. The van der Waals surface area contributed by atoms with Crippen molar-refractivity contribution < 1.29 is 34.4 Å². The second-order valence-corrected chi connectivity index (χ2v) is 4.69. The van der Waals surface area contributed by atoms with Gasteiger partial charge in [-0.15, -0.1) is 0 Å². The van der Waals surface area contributed by atoms with Crippen LogP contribution in [0.5, 0.6) is 0 Å². The first-order valence-corrected chi connectivity index (χ1v) is 6.13. The van der Waals surface area contributed by atoms with Crippen molar-refractivity contribution in [2.45, 2.75) is 50.5 Å². The molecule has 0 bridgehead atoms. The predicted octanol–water partition coefficient (Wildman–Crippen LogP) is -3.18. The summed E-state index contributed by atoms with van der Waals surface area (Å²) in [5.41, 5.74) is 5.29. The molecule has 9 nitrogen and oxygen atoms in total. The monoisotopic (exact) mass is 292 g/mol. The standard InChI is InChI=1S/C11H20N2O7/c1-4(12)10(17)19-3-6-8(15)9(16)7(11(18)20-6)13-5(2)14/h4,6-9,11,15-16,18H,3,12H2,1-2H3,(H,13,14)/t4-,6+,7+,8+,9+,11?/m0/s1. The maximum Gasteiger partial charge on any atom is 0.322 e. The molecule has 0 saturated carbocycles. The average Bonchev–Trinajstić information content (AvgIpc) is 2.36. The van der Waals surface area contributed by atoms with Crippen molar-refractivity contribution in [1.29, 1.82) is 0 Å². The van der Waals surface area contributed by atoms with Gasteiger partial charge in [0.2, 0.25) is 5.91 Å². The molecule has 20 heavy (non-hydrogen) atoms. The number of rotatable bonds is 4. The number of amides is 1. The summed E-state index contributed by atoms with van der Waals surface area (Å²) in [6, 6.07) is -2.00. The molecule has 6 N–H and O–H groups in total. The molecule has 1 saturated heterocycles. The zero-order valence-electron chi connectivity index (χ0n) is 11.2. The van der Waals surface area contributed by atoms with Gasteiger partial charge in [-0.25, -0.2) is 0 Å². The third-order valence-electron chi connectivity index (χ3n) is 2.85. The molecule has 1 rings (SSSR count). The lowest BCUT2D eigenvalue weighted by Gasteiger charge is -2.40. The van der Waals surface area contributed by atoms with Crippen LogP contribution in [0.25, 0.3) is 0 Å². The Hall–Kier alpha value is -1.26. The molecule has 0 radical (unpaired) electrons. The fourth-order valence-electron chi connectivity index (χ4n) is 1.77.